The van der Waals surface area contributed by atoms with Gasteiger partial charge in [0.1, 0.15) is 0 Å². The molecule has 1 unspecified atom stereocenters. The van der Waals surface area contributed by atoms with Gasteiger partial charge in [-0.1, -0.05) is 0 Å². The van der Waals surface area contributed by atoms with E-state index in [1.165, 1.54) is 0 Å². The van der Waals surface area contributed by atoms with Crippen LogP contribution in [-0.2, 0) is 17.8 Å². The number of hydrogen-bond acceptors (Lipinski definition) is 3. The Bertz CT molecular complexity index is 271. The van der Waals surface area contributed by atoms with Gasteiger partial charge in [-0.15, -0.1) is 0 Å². The highest BCUT2D eigenvalue weighted by Gasteiger charge is 2.07. The third-order valence-electron chi connectivity index (χ3n) is 1.51. The maximum absolute atomic E-state index is 11.5. The summed E-state index contributed by atoms with van der Waals surface area (Å²) in [6.07, 6.45) is 4.21. The monoisotopic (exact) mass is 187 g/mol. The largest absolute Gasteiger partial charge is 0.330 e. The summed E-state index contributed by atoms with van der Waals surface area (Å²) in [5.41, 5.74) is 5.31. The molecule has 1 atom stereocenters. The fourth-order valence-corrected chi connectivity index (χ4v) is 2.05. The van der Waals surface area contributed by atoms with E-state index in [4.69, 9.17) is 5.73 Å². The van der Waals surface area contributed by atoms with E-state index >= 15 is 0 Å². The lowest BCUT2D eigenvalue weighted by Crippen LogP contribution is -2.09. The Morgan fingerprint density at radius 2 is 2.50 bits per heavy atom. The predicted octanol–water partition coefficient (Wildman–Crippen LogP) is -0.124. The van der Waals surface area contributed by atoms with Gasteiger partial charge in [0.15, 0.2) is 5.16 Å². The highest BCUT2D eigenvalue weighted by atomic mass is 32.2. The van der Waals surface area contributed by atoms with E-state index in [-0.39, 0.29) is 0 Å². The third-order valence-corrected chi connectivity index (χ3v) is 2.97. The Kier molecular flexibility index (Phi) is 3.43. The van der Waals surface area contributed by atoms with Crippen molar-refractivity contribution in [2.45, 2.75) is 11.6 Å². The Morgan fingerprint density at radius 1 is 1.75 bits per heavy atom. The van der Waals surface area contributed by atoms with Crippen molar-refractivity contribution >= 4 is 10.8 Å². The zero-order chi connectivity index (χ0) is 8.97. The Balaban J connectivity index is 2.59. The predicted molar refractivity (Wildman–Crippen MR) is 48.2 cm³/mol. The lowest BCUT2D eigenvalue weighted by atomic mass is 10.5. The average Bonchev–Trinajstić information content (AvgIpc) is 2.47. The van der Waals surface area contributed by atoms with Crippen LogP contribution in [0.3, 0.4) is 0 Å². The number of aromatic nitrogens is 2. The smallest absolute Gasteiger partial charge is 0.198 e. The molecule has 1 aromatic heterocycles. The molecule has 0 aliphatic rings. The van der Waals surface area contributed by atoms with E-state index in [0.717, 1.165) is 6.42 Å². The topological polar surface area (TPSA) is 60.9 Å². The Morgan fingerprint density at radius 3 is 3.00 bits per heavy atom. The van der Waals surface area contributed by atoms with Crippen molar-refractivity contribution in [3.63, 3.8) is 0 Å². The summed E-state index contributed by atoms with van der Waals surface area (Å²) in [4.78, 5) is 3.99. The van der Waals surface area contributed by atoms with Crippen molar-refractivity contribution in [2.75, 3.05) is 12.3 Å². The molecule has 0 fully saturated rings. The molecule has 0 aliphatic heterocycles. The molecule has 2 N–H and O–H groups in total. The fraction of sp³-hybridized carbons (Fsp3) is 0.571. The van der Waals surface area contributed by atoms with Crippen LogP contribution in [0, 0.1) is 0 Å². The molecule has 1 aromatic rings. The summed E-state index contributed by atoms with van der Waals surface area (Å²) in [5.74, 6) is 0.599. The first kappa shape index (κ1) is 9.41. The normalized spacial score (nSPS) is 13.2. The van der Waals surface area contributed by atoms with Crippen molar-refractivity contribution in [1.82, 2.24) is 9.55 Å². The summed E-state index contributed by atoms with van der Waals surface area (Å²) in [6.45, 7) is 0.580. The van der Waals surface area contributed by atoms with E-state index in [2.05, 4.69) is 4.98 Å². The molecule has 1 heterocycles. The van der Waals surface area contributed by atoms with Crippen molar-refractivity contribution < 1.29 is 4.21 Å². The Labute approximate surface area is 74.2 Å². The van der Waals surface area contributed by atoms with Crippen LogP contribution < -0.4 is 5.73 Å². The summed E-state index contributed by atoms with van der Waals surface area (Å²) < 4.78 is 13.2. The molecule has 12 heavy (non-hydrogen) atoms. The van der Waals surface area contributed by atoms with Gasteiger partial charge in [0, 0.05) is 25.2 Å². The second-order valence-corrected chi connectivity index (χ2v) is 3.98. The molecule has 0 saturated heterocycles. The Hall–Kier alpha value is -0.680. The maximum atomic E-state index is 11.5. The van der Waals surface area contributed by atoms with Crippen LogP contribution >= 0.6 is 0 Å². The number of aryl methyl sites for hydroxylation is 1. The third kappa shape index (κ3) is 2.15. The van der Waals surface area contributed by atoms with Crippen LogP contribution in [0.2, 0.25) is 0 Å². The molecule has 4 nitrogen and oxygen atoms in total. The molecule has 0 spiro atoms. The second-order valence-electron chi connectivity index (χ2n) is 2.51. The van der Waals surface area contributed by atoms with E-state index in [9.17, 15) is 4.21 Å². The number of nitrogens with zero attached hydrogens (tertiary/aromatic N) is 2. The van der Waals surface area contributed by atoms with Gasteiger partial charge in [-0.3, -0.25) is 4.21 Å². The van der Waals surface area contributed by atoms with E-state index < -0.39 is 10.8 Å². The molecule has 1 rings (SSSR count). The number of imidazole rings is 1. The van der Waals surface area contributed by atoms with Crippen LogP contribution in [0.15, 0.2) is 17.6 Å². The summed E-state index contributed by atoms with van der Waals surface area (Å²) in [5, 5.41) is 0.628. The highest BCUT2D eigenvalue weighted by molar-refractivity contribution is 7.84. The van der Waals surface area contributed by atoms with E-state index in [1.807, 2.05) is 7.05 Å². The van der Waals surface area contributed by atoms with Crippen molar-refractivity contribution in [1.29, 1.82) is 0 Å². The SMILES string of the molecule is Cn1ccnc1S(=O)CCCN. The maximum Gasteiger partial charge on any atom is 0.198 e. The summed E-state index contributed by atoms with van der Waals surface area (Å²) >= 11 is 0. The molecular formula is C7H13N3OS. The molecule has 5 heteroatoms. The fourth-order valence-electron chi connectivity index (χ4n) is 0.877. The molecule has 0 amide bonds. The van der Waals surface area contributed by atoms with Crippen LogP contribution in [0.1, 0.15) is 6.42 Å². The molecule has 0 saturated carbocycles. The standard InChI is InChI=1S/C7H13N3OS/c1-10-5-4-9-7(10)12(11)6-2-3-8/h4-5H,2-3,6,8H2,1H3. The van der Waals surface area contributed by atoms with Crippen molar-refractivity contribution in [2.24, 2.45) is 12.8 Å². The average molecular weight is 187 g/mol. The lowest BCUT2D eigenvalue weighted by molar-refractivity contribution is 0.662. The van der Waals surface area contributed by atoms with Crippen LogP contribution in [0.25, 0.3) is 0 Å². The second kappa shape index (κ2) is 4.37. The van der Waals surface area contributed by atoms with Gasteiger partial charge in [0.05, 0.1) is 10.8 Å². The summed E-state index contributed by atoms with van der Waals surface area (Å²) in [7, 11) is 0.844. The van der Waals surface area contributed by atoms with Crippen LogP contribution in [0.4, 0.5) is 0 Å². The minimum atomic E-state index is -0.992. The van der Waals surface area contributed by atoms with Crippen LogP contribution in [-0.4, -0.2) is 26.1 Å². The lowest BCUT2D eigenvalue weighted by Gasteiger charge is -1.99. The van der Waals surface area contributed by atoms with Gasteiger partial charge in [-0.05, 0) is 13.0 Å². The molecular weight excluding hydrogens is 174 g/mol. The van der Waals surface area contributed by atoms with Crippen LogP contribution in [0.5, 0.6) is 0 Å². The molecule has 68 valence electrons. The minimum absolute atomic E-state index is 0.580. The first-order valence-electron chi connectivity index (χ1n) is 3.81. The summed E-state index contributed by atoms with van der Waals surface area (Å²) in [6, 6.07) is 0. The van der Waals surface area contributed by atoms with Gasteiger partial charge in [0.25, 0.3) is 0 Å². The van der Waals surface area contributed by atoms with Gasteiger partial charge < -0.3 is 10.3 Å². The number of nitrogens with two attached hydrogens (primary N) is 1. The zero-order valence-electron chi connectivity index (χ0n) is 7.06. The number of rotatable bonds is 4. The van der Waals surface area contributed by atoms with Crippen molar-refractivity contribution in [3.8, 4) is 0 Å². The zero-order valence-corrected chi connectivity index (χ0v) is 7.88. The van der Waals surface area contributed by atoms with Gasteiger partial charge in [0.2, 0.25) is 0 Å². The van der Waals surface area contributed by atoms with E-state index in [0.29, 0.717) is 17.5 Å². The highest BCUT2D eigenvalue weighted by Crippen LogP contribution is 2.02. The molecule has 0 radical (unpaired) electrons. The molecule has 0 aliphatic carbocycles. The molecule has 0 aromatic carbocycles. The van der Waals surface area contributed by atoms with Gasteiger partial charge in [-0.2, -0.15) is 0 Å². The van der Waals surface area contributed by atoms with E-state index in [1.54, 1.807) is 17.0 Å². The van der Waals surface area contributed by atoms with Crippen molar-refractivity contribution in [3.05, 3.63) is 12.4 Å². The first-order valence-corrected chi connectivity index (χ1v) is 5.13. The van der Waals surface area contributed by atoms with Gasteiger partial charge in [-0.25, -0.2) is 4.98 Å². The minimum Gasteiger partial charge on any atom is -0.330 e. The van der Waals surface area contributed by atoms with Gasteiger partial charge >= 0.3 is 0 Å². The molecule has 0 bridgehead atoms. The quantitative estimate of drug-likeness (QED) is 0.714. The first-order chi connectivity index (χ1) is 5.75. The number of hydrogen-bond donors (Lipinski definition) is 1.